The molecular formula is C37H33BClFN2O9. The van der Waals surface area contributed by atoms with Crippen LogP contribution in [0.2, 0.25) is 5.02 Å². The van der Waals surface area contributed by atoms with Gasteiger partial charge in [-0.2, -0.15) is 0 Å². The average Bonchev–Trinajstić information content (AvgIpc) is 3.48. The van der Waals surface area contributed by atoms with Crippen LogP contribution >= 0.6 is 11.6 Å². The number of imide groups is 2. The smallest absolute Gasteiger partial charge is 0.488 e. The Hall–Kier alpha value is -4.98. The standard InChI is InChI=1S/C37H33BClFN2O9/c1-37-25(11-7-18-13-29(50-2)32(43)30(14-18)51-3)22-9-10-23-31(35(46)41(33(23)44)20-6-4-5-19(15-20)38(48)49)24(22)17-26(37)34(45)42(36(37)47)21-8-12-28(40)27(39)16-21/h4-9,11-16,23-26,31,43,48-49H,10,17H2,1-3H3. The quantitative estimate of drug-likeness (QED) is 0.188. The first-order valence-corrected chi connectivity index (χ1v) is 16.7. The minimum Gasteiger partial charge on any atom is -0.502 e. The summed E-state index contributed by atoms with van der Waals surface area (Å²) in [6, 6.07) is 12.7. The summed E-state index contributed by atoms with van der Waals surface area (Å²) in [6.45, 7) is 1.71. The number of methoxy groups -OCH3 is 2. The highest BCUT2D eigenvalue weighted by Crippen LogP contribution is 2.61. The lowest BCUT2D eigenvalue weighted by atomic mass is 9.52. The monoisotopic (exact) mass is 714 g/mol. The van der Waals surface area contributed by atoms with Gasteiger partial charge in [-0.05, 0) is 79.2 Å². The molecule has 3 N–H and O–H groups in total. The number of carbonyl (C=O) groups is 4. The zero-order valence-electron chi connectivity index (χ0n) is 27.7. The van der Waals surface area contributed by atoms with Gasteiger partial charge in [0.25, 0.3) is 0 Å². The van der Waals surface area contributed by atoms with Gasteiger partial charge in [0, 0.05) is 5.92 Å². The Morgan fingerprint density at radius 1 is 0.922 bits per heavy atom. The lowest BCUT2D eigenvalue weighted by Gasteiger charge is -2.47. The van der Waals surface area contributed by atoms with Gasteiger partial charge in [0.2, 0.25) is 29.4 Å². The van der Waals surface area contributed by atoms with Crippen LogP contribution in [-0.4, -0.2) is 60.1 Å². The number of rotatable bonds is 7. The number of ether oxygens (including phenoxy) is 2. The summed E-state index contributed by atoms with van der Waals surface area (Å²) < 4.78 is 24.8. The molecule has 0 radical (unpaired) electrons. The Labute approximate surface area is 297 Å². The van der Waals surface area contributed by atoms with Crippen LogP contribution in [0, 0.1) is 40.8 Å². The van der Waals surface area contributed by atoms with Crippen LogP contribution < -0.4 is 24.7 Å². The Bertz CT molecular complexity index is 2050. The van der Waals surface area contributed by atoms with Gasteiger partial charge < -0.3 is 24.6 Å². The topological polar surface area (TPSA) is 154 Å². The summed E-state index contributed by atoms with van der Waals surface area (Å²) in [7, 11) is 0.982. The molecule has 262 valence electrons. The van der Waals surface area contributed by atoms with E-state index in [4.69, 9.17) is 21.1 Å². The van der Waals surface area contributed by atoms with Crippen LogP contribution in [0.5, 0.6) is 17.2 Å². The fraction of sp³-hybridized carbons (Fsp3) is 0.297. The molecule has 11 nitrogen and oxygen atoms in total. The number of aromatic hydroxyl groups is 1. The average molecular weight is 715 g/mol. The van der Waals surface area contributed by atoms with Crippen molar-refractivity contribution in [2.75, 3.05) is 24.0 Å². The van der Waals surface area contributed by atoms with Crippen molar-refractivity contribution in [1.29, 1.82) is 0 Å². The van der Waals surface area contributed by atoms with E-state index in [1.807, 2.05) is 6.08 Å². The Morgan fingerprint density at radius 2 is 1.61 bits per heavy atom. The van der Waals surface area contributed by atoms with Gasteiger partial charge in [-0.1, -0.05) is 47.5 Å². The molecule has 2 aliphatic heterocycles. The van der Waals surface area contributed by atoms with E-state index in [0.29, 0.717) is 5.56 Å². The summed E-state index contributed by atoms with van der Waals surface area (Å²) >= 11 is 6.08. The second-order valence-corrected chi connectivity index (χ2v) is 13.8. The van der Waals surface area contributed by atoms with Gasteiger partial charge in [0.1, 0.15) is 5.82 Å². The fourth-order valence-electron chi connectivity index (χ4n) is 8.39. The lowest BCUT2D eigenvalue weighted by molar-refractivity contribution is -0.132. The van der Waals surface area contributed by atoms with Crippen molar-refractivity contribution >= 4 is 65.3 Å². The predicted octanol–water partition coefficient (Wildman–Crippen LogP) is 3.86. The lowest BCUT2D eigenvalue weighted by Crippen LogP contribution is -2.49. The number of carbonyl (C=O) groups excluding carboxylic acids is 4. The van der Waals surface area contributed by atoms with Gasteiger partial charge in [-0.3, -0.25) is 24.1 Å². The molecule has 4 aliphatic rings. The maximum absolute atomic E-state index is 14.5. The van der Waals surface area contributed by atoms with E-state index in [2.05, 4.69) is 0 Å². The Morgan fingerprint density at radius 3 is 2.25 bits per heavy atom. The third-order valence-corrected chi connectivity index (χ3v) is 11.2. The minimum absolute atomic E-state index is 0.0902. The van der Waals surface area contributed by atoms with Gasteiger partial charge in [-0.15, -0.1) is 0 Å². The van der Waals surface area contributed by atoms with Crippen molar-refractivity contribution in [2.24, 2.45) is 35.0 Å². The molecule has 4 amide bonds. The summed E-state index contributed by atoms with van der Waals surface area (Å²) in [5, 5.41) is 29.7. The van der Waals surface area contributed by atoms with E-state index in [1.54, 1.807) is 37.3 Å². The molecule has 7 rings (SSSR count). The number of nitrogens with zero attached hydrogens (tertiary/aromatic N) is 2. The second-order valence-electron chi connectivity index (χ2n) is 13.4. The number of phenols is 1. The van der Waals surface area contributed by atoms with Crippen LogP contribution in [0.15, 0.2) is 72.3 Å². The van der Waals surface area contributed by atoms with Gasteiger partial charge in [-0.25, -0.2) is 9.29 Å². The van der Waals surface area contributed by atoms with Crippen molar-refractivity contribution in [3.63, 3.8) is 0 Å². The molecule has 6 unspecified atom stereocenters. The molecule has 2 aliphatic carbocycles. The van der Waals surface area contributed by atoms with Crippen molar-refractivity contribution in [1.82, 2.24) is 0 Å². The normalized spacial score (nSPS) is 27.0. The molecule has 0 aromatic heterocycles. The van der Waals surface area contributed by atoms with Gasteiger partial charge >= 0.3 is 7.12 Å². The van der Waals surface area contributed by atoms with Crippen LogP contribution in [-0.2, 0) is 19.2 Å². The number of phenolic OH excluding ortho intramolecular Hbond substituents is 1. The van der Waals surface area contributed by atoms with Crippen molar-refractivity contribution in [3.05, 3.63) is 88.7 Å². The summed E-state index contributed by atoms with van der Waals surface area (Å²) in [5.74, 6) is -6.45. The van der Waals surface area contributed by atoms with E-state index in [0.717, 1.165) is 21.4 Å². The molecule has 14 heteroatoms. The number of benzene rings is 3. The minimum atomic E-state index is -1.81. The van der Waals surface area contributed by atoms with E-state index in [-0.39, 0.29) is 52.0 Å². The van der Waals surface area contributed by atoms with Crippen LogP contribution in [0.1, 0.15) is 25.3 Å². The zero-order valence-corrected chi connectivity index (χ0v) is 28.5. The van der Waals surface area contributed by atoms with Crippen molar-refractivity contribution < 1.29 is 48.2 Å². The second kappa shape index (κ2) is 12.7. The number of hydrogen-bond acceptors (Lipinski definition) is 9. The molecule has 2 saturated heterocycles. The largest absolute Gasteiger partial charge is 0.502 e. The zero-order chi connectivity index (χ0) is 36.5. The molecule has 0 bridgehead atoms. The number of allylic oxidation sites excluding steroid dienone is 3. The molecule has 2 heterocycles. The number of hydrogen-bond donors (Lipinski definition) is 3. The number of fused-ring (bicyclic) bond motifs is 4. The molecular weight excluding hydrogens is 682 g/mol. The third-order valence-electron chi connectivity index (χ3n) is 10.9. The van der Waals surface area contributed by atoms with Gasteiger partial charge in [0.05, 0.1) is 53.8 Å². The highest BCUT2D eigenvalue weighted by Gasteiger charge is 2.67. The number of halogens is 2. The third kappa shape index (κ3) is 5.25. The van der Waals surface area contributed by atoms with Crippen LogP contribution in [0.25, 0.3) is 6.08 Å². The summed E-state index contributed by atoms with van der Waals surface area (Å²) in [6.07, 6.45) is 5.69. The van der Waals surface area contributed by atoms with E-state index >= 15 is 0 Å². The molecule has 51 heavy (non-hydrogen) atoms. The van der Waals surface area contributed by atoms with E-state index in [1.165, 1.54) is 44.6 Å². The maximum atomic E-state index is 14.5. The fourth-order valence-corrected chi connectivity index (χ4v) is 8.56. The number of amides is 4. The van der Waals surface area contributed by atoms with Crippen LogP contribution in [0.3, 0.4) is 0 Å². The molecule has 3 aromatic rings. The Kier molecular flexibility index (Phi) is 8.56. The predicted molar refractivity (Wildman–Crippen MR) is 186 cm³/mol. The first-order valence-electron chi connectivity index (χ1n) is 16.3. The van der Waals surface area contributed by atoms with Crippen LogP contribution in [0.4, 0.5) is 15.8 Å². The number of anilines is 2. The van der Waals surface area contributed by atoms with E-state index in [9.17, 15) is 38.7 Å². The summed E-state index contributed by atoms with van der Waals surface area (Å²) in [4.78, 5) is 59.1. The van der Waals surface area contributed by atoms with Crippen molar-refractivity contribution in [3.8, 4) is 17.2 Å². The highest BCUT2D eigenvalue weighted by molar-refractivity contribution is 6.58. The molecule has 6 atom stereocenters. The van der Waals surface area contributed by atoms with Crippen molar-refractivity contribution in [2.45, 2.75) is 19.8 Å². The summed E-state index contributed by atoms with van der Waals surface area (Å²) in [5.41, 5.74) is 0.352. The van der Waals surface area contributed by atoms with Gasteiger partial charge in [0.15, 0.2) is 11.5 Å². The molecule has 0 spiro atoms. The SMILES string of the molecule is COc1cc(C=CC2C3=CCC4C(=O)N(c5cccc(B(O)O)c5)C(=O)C4C3CC3C(=O)N(c4ccc(F)c(Cl)c4)C(=O)C23C)cc(OC)c1O. The Balaban J connectivity index is 1.34. The molecule has 3 fully saturated rings. The molecule has 3 aromatic carbocycles. The first kappa shape index (κ1) is 34.5. The maximum Gasteiger partial charge on any atom is 0.488 e. The first-order chi connectivity index (χ1) is 24.3. The molecule has 1 saturated carbocycles. The van der Waals surface area contributed by atoms with E-state index < -0.39 is 71.6 Å². The highest BCUT2D eigenvalue weighted by atomic mass is 35.5.